The van der Waals surface area contributed by atoms with E-state index in [1.54, 1.807) is 0 Å². The Bertz CT molecular complexity index is 1120. The van der Waals surface area contributed by atoms with Crippen molar-refractivity contribution >= 4 is 23.2 Å². The van der Waals surface area contributed by atoms with Gasteiger partial charge in [-0.15, -0.1) is 11.3 Å². The van der Waals surface area contributed by atoms with Gasteiger partial charge in [0, 0.05) is 44.3 Å². The van der Waals surface area contributed by atoms with E-state index in [1.807, 2.05) is 78.7 Å². The first-order valence-corrected chi connectivity index (χ1v) is 13.1. The number of amides is 2. The average molecular weight is 491 g/mol. The summed E-state index contributed by atoms with van der Waals surface area (Å²) in [6.45, 7) is 5.33. The lowest BCUT2D eigenvalue weighted by Gasteiger charge is -2.33. The number of likely N-dealkylation sites (tertiary alicyclic amines) is 1. The Morgan fingerprint density at radius 3 is 2.40 bits per heavy atom. The minimum atomic E-state index is 0.0234. The first kappa shape index (κ1) is 25.1. The molecular weight excluding hydrogens is 456 g/mol. The number of aryl methyl sites for hydroxylation is 1. The number of nitrogens with zero attached hydrogens (tertiary/aromatic N) is 4. The fourth-order valence-corrected chi connectivity index (χ4v) is 5.22. The van der Waals surface area contributed by atoms with E-state index in [4.69, 9.17) is 4.98 Å². The van der Waals surface area contributed by atoms with Crippen LogP contribution in [-0.4, -0.2) is 71.8 Å². The summed E-state index contributed by atoms with van der Waals surface area (Å²) in [6.07, 6.45) is 1.62. The lowest BCUT2D eigenvalue weighted by Crippen LogP contribution is -2.39. The van der Waals surface area contributed by atoms with Crippen molar-refractivity contribution in [3.63, 3.8) is 0 Å². The van der Waals surface area contributed by atoms with Crippen LogP contribution in [-0.2, 0) is 6.54 Å². The van der Waals surface area contributed by atoms with Crippen molar-refractivity contribution in [2.24, 2.45) is 0 Å². The van der Waals surface area contributed by atoms with Crippen molar-refractivity contribution in [2.45, 2.75) is 32.2 Å². The molecule has 1 aliphatic rings. The summed E-state index contributed by atoms with van der Waals surface area (Å²) in [6, 6.07) is 17.8. The number of rotatable bonds is 8. The standard InChI is InChI=1S/C28H34N4O2S/c1-21-11-12-24(27(33)32(18-17-30(2)3)20-22-8-5-4-6-9-22)26(29-21)23-13-15-31(16-14-23)28(34)25-10-7-19-35-25/h4-12,19,23H,13-18,20H2,1-3H3. The number of pyridine rings is 1. The summed E-state index contributed by atoms with van der Waals surface area (Å²) in [5.74, 6) is 0.286. The highest BCUT2D eigenvalue weighted by Gasteiger charge is 2.30. The maximum absolute atomic E-state index is 13.9. The summed E-state index contributed by atoms with van der Waals surface area (Å²) in [5, 5.41) is 1.94. The van der Waals surface area contributed by atoms with Crippen LogP contribution >= 0.6 is 11.3 Å². The van der Waals surface area contributed by atoms with Gasteiger partial charge in [-0.3, -0.25) is 14.6 Å². The Morgan fingerprint density at radius 2 is 1.74 bits per heavy atom. The number of thiophene rings is 1. The van der Waals surface area contributed by atoms with Gasteiger partial charge in [0.2, 0.25) is 0 Å². The molecule has 1 fully saturated rings. The average Bonchev–Trinajstić information content (AvgIpc) is 3.41. The third kappa shape index (κ3) is 6.35. The molecule has 6 nitrogen and oxygen atoms in total. The number of carbonyl (C=O) groups is 2. The number of benzene rings is 1. The number of hydrogen-bond donors (Lipinski definition) is 0. The molecule has 0 aliphatic carbocycles. The molecular formula is C28H34N4O2S. The van der Waals surface area contributed by atoms with Crippen molar-refractivity contribution in [1.29, 1.82) is 0 Å². The largest absolute Gasteiger partial charge is 0.338 e. The lowest BCUT2D eigenvalue weighted by atomic mass is 9.89. The van der Waals surface area contributed by atoms with Crippen LogP contribution < -0.4 is 0 Å². The third-order valence-electron chi connectivity index (χ3n) is 6.52. The Kier molecular flexibility index (Phi) is 8.31. The predicted octanol–water partition coefficient (Wildman–Crippen LogP) is 4.68. The Hall–Kier alpha value is -3.03. The van der Waals surface area contributed by atoms with Crippen LogP contribution in [0.2, 0.25) is 0 Å². The van der Waals surface area contributed by atoms with Gasteiger partial charge >= 0.3 is 0 Å². The molecule has 2 aromatic heterocycles. The molecule has 0 bridgehead atoms. The van der Waals surface area contributed by atoms with E-state index >= 15 is 0 Å². The smallest absolute Gasteiger partial charge is 0.263 e. The molecule has 4 rings (SSSR count). The van der Waals surface area contributed by atoms with Gasteiger partial charge in [-0.2, -0.15) is 0 Å². The number of hydrogen-bond acceptors (Lipinski definition) is 5. The highest BCUT2D eigenvalue weighted by Crippen LogP contribution is 2.31. The van der Waals surface area contributed by atoms with Gasteiger partial charge in [0.05, 0.1) is 16.1 Å². The number of aromatic nitrogens is 1. The minimum absolute atomic E-state index is 0.0234. The highest BCUT2D eigenvalue weighted by molar-refractivity contribution is 7.12. The molecule has 0 radical (unpaired) electrons. The molecule has 3 heterocycles. The topological polar surface area (TPSA) is 56.8 Å². The molecule has 0 atom stereocenters. The van der Waals surface area contributed by atoms with Gasteiger partial charge in [-0.25, -0.2) is 0 Å². The zero-order chi connectivity index (χ0) is 24.8. The number of carbonyl (C=O) groups excluding carboxylic acids is 2. The molecule has 0 unspecified atom stereocenters. The number of piperidine rings is 1. The van der Waals surface area contributed by atoms with Crippen molar-refractivity contribution in [1.82, 2.24) is 19.7 Å². The van der Waals surface area contributed by atoms with Crippen LogP contribution in [0.5, 0.6) is 0 Å². The monoisotopic (exact) mass is 490 g/mol. The zero-order valence-corrected chi connectivity index (χ0v) is 21.6. The number of likely N-dealkylation sites (N-methyl/N-ethyl adjacent to an activating group) is 1. The molecule has 0 spiro atoms. The van der Waals surface area contributed by atoms with Crippen molar-refractivity contribution in [3.8, 4) is 0 Å². The molecule has 1 saturated heterocycles. The molecule has 184 valence electrons. The van der Waals surface area contributed by atoms with Gasteiger partial charge in [-0.1, -0.05) is 36.4 Å². The van der Waals surface area contributed by atoms with Crippen molar-refractivity contribution < 1.29 is 9.59 Å². The Labute approximate surface area is 212 Å². The Balaban J connectivity index is 1.53. The second kappa shape index (κ2) is 11.6. The van der Waals surface area contributed by atoms with E-state index < -0.39 is 0 Å². The van der Waals surface area contributed by atoms with Gasteiger partial charge in [0.1, 0.15) is 0 Å². The summed E-state index contributed by atoms with van der Waals surface area (Å²) in [5.41, 5.74) is 3.59. The maximum Gasteiger partial charge on any atom is 0.263 e. The molecule has 2 amide bonds. The molecule has 7 heteroatoms. The minimum Gasteiger partial charge on any atom is -0.338 e. The summed E-state index contributed by atoms with van der Waals surface area (Å²) >= 11 is 1.48. The SMILES string of the molecule is Cc1ccc(C(=O)N(CCN(C)C)Cc2ccccc2)c(C2CCN(C(=O)c3cccs3)CC2)n1. The van der Waals surface area contributed by atoms with E-state index in [1.165, 1.54) is 11.3 Å². The quantitative estimate of drug-likeness (QED) is 0.460. The molecule has 3 aromatic rings. The first-order valence-electron chi connectivity index (χ1n) is 12.2. The van der Waals surface area contributed by atoms with Gasteiger partial charge in [0.15, 0.2) is 0 Å². The van der Waals surface area contributed by atoms with E-state index in [0.29, 0.717) is 31.7 Å². The van der Waals surface area contributed by atoms with E-state index in [-0.39, 0.29) is 17.7 Å². The Morgan fingerprint density at radius 1 is 1.00 bits per heavy atom. The molecule has 0 saturated carbocycles. The van der Waals surface area contributed by atoms with Gasteiger partial charge in [-0.05, 0) is 63.0 Å². The van der Waals surface area contributed by atoms with Crippen LogP contribution in [0.15, 0.2) is 60.0 Å². The zero-order valence-electron chi connectivity index (χ0n) is 20.8. The van der Waals surface area contributed by atoms with E-state index in [2.05, 4.69) is 17.0 Å². The summed E-state index contributed by atoms with van der Waals surface area (Å²) in [4.78, 5) is 38.3. The molecule has 0 N–H and O–H groups in total. The van der Waals surface area contributed by atoms with Gasteiger partial charge in [0.25, 0.3) is 11.8 Å². The van der Waals surface area contributed by atoms with Gasteiger partial charge < -0.3 is 14.7 Å². The second-order valence-corrected chi connectivity index (χ2v) is 10.4. The fraction of sp³-hybridized carbons (Fsp3) is 0.393. The fourth-order valence-electron chi connectivity index (χ4n) is 4.53. The van der Waals surface area contributed by atoms with Crippen molar-refractivity contribution in [2.75, 3.05) is 40.3 Å². The highest BCUT2D eigenvalue weighted by atomic mass is 32.1. The van der Waals surface area contributed by atoms with Crippen molar-refractivity contribution in [3.05, 3.63) is 87.4 Å². The molecule has 35 heavy (non-hydrogen) atoms. The predicted molar refractivity (Wildman–Crippen MR) is 141 cm³/mol. The summed E-state index contributed by atoms with van der Waals surface area (Å²) in [7, 11) is 4.05. The normalized spacial score (nSPS) is 14.3. The van der Waals surface area contributed by atoms with Crippen LogP contribution in [0.25, 0.3) is 0 Å². The first-order chi connectivity index (χ1) is 16.9. The molecule has 1 aliphatic heterocycles. The van der Waals surface area contributed by atoms with E-state index in [9.17, 15) is 9.59 Å². The maximum atomic E-state index is 13.9. The summed E-state index contributed by atoms with van der Waals surface area (Å²) < 4.78 is 0. The van der Waals surface area contributed by atoms with Crippen LogP contribution in [0.1, 0.15) is 55.7 Å². The molecule has 1 aromatic carbocycles. The van der Waals surface area contributed by atoms with Crippen LogP contribution in [0.4, 0.5) is 0 Å². The second-order valence-electron chi connectivity index (χ2n) is 9.44. The van der Waals surface area contributed by atoms with Crippen LogP contribution in [0, 0.1) is 6.92 Å². The third-order valence-corrected chi connectivity index (χ3v) is 7.37. The lowest BCUT2D eigenvalue weighted by molar-refractivity contribution is 0.0701. The van der Waals surface area contributed by atoms with Crippen LogP contribution in [0.3, 0.4) is 0 Å². The van der Waals surface area contributed by atoms with E-state index in [0.717, 1.165) is 41.2 Å².